The van der Waals surface area contributed by atoms with Gasteiger partial charge in [0.2, 0.25) is 5.91 Å². The van der Waals surface area contributed by atoms with Crippen LogP contribution in [-0.4, -0.2) is 44.9 Å². The summed E-state index contributed by atoms with van der Waals surface area (Å²) >= 11 is 1.44. The molecule has 8 heteroatoms. The number of methoxy groups -OCH3 is 1. The Morgan fingerprint density at radius 3 is 2.71 bits per heavy atom. The third-order valence-corrected chi connectivity index (χ3v) is 4.76. The van der Waals surface area contributed by atoms with E-state index in [0.29, 0.717) is 35.1 Å². The Kier molecular flexibility index (Phi) is 6.83. The van der Waals surface area contributed by atoms with Crippen molar-refractivity contribution in [3.05, 3.63) is 18.2 Å². The second-order valence-electron chi connectivity index (χ2n) is 4.50. The number of ether oxygens (including phenoxy) is 1. The van der Waals surface area contributed by atoms with Crippen LogP contribution in [0.15, 0.2) is 18.2 Å². The summed E-state index contributed by atoms with van der Waals surface area (Å²) in [5.41, 5.74) is 6.74. The number of anilines is 2. The summed E-state index contributed by atoms with van der Waals surface area (Å²) in [6.45, 7) is 0. The summed E-state index contributed by atoms with van der Waals surface area (Å²) in [4.78, 5) is 11.8. The fourth-order valence-corrected chi connectivity index (χ4v) is 3.73. The van der Waals surface area contributed by atoms with Crippen molar-refractivity contribution < 1.29 is 17.9 Å². The number of nitrogens with one attached hydrogen (secondary N) is 1. The monoisotopic (exact) mass is 332 g/mol. The summed E-state index contributed by atoms with van der Waals surface area (Å²) in [5.74, 6) is 1.57. The van der Waals surface area contributed by atoms with Gasteiger partial charge in [0.05, 0.1) is 18.6 Å². The van der Waals surface area contributed by atoms with Crippen LogP contribution in [0, 0.1) is 0 Å². The molecule has 1 amide bonds. The minimum Gasteiger partial charge on any atom is -0.495 e. The standard InChI is InChI=1S/C13H20N2O4S2/c1-19-12-4-3-10(14)9-11(12)15-13(16)5-6-20-7-8-21(2,17)18/h3-4,9H,5-8,14H2,1-2H3,(H,15,16). The summed E-state index contributed by atoms with van der Waals surface area (Å²) in [7, 11) is -1.42. The maximum Gasteiger partial charge on any atom is 0.225 e. The van der Waals surface area contributed by atoms with Crippen LogP contribution in [0.2, 0.25) is 0 Å². The van der Waals surface area contributed by atoms with E-state index in [9.17, 15) is 13.2 Å². The number of nitrogens with two attached hydrogens (primary N) is 1. The lowest BCUT2D eigenvalue weighted by atomic mass is 10.2. The molecule has 118 valence electrons. The van der Waals surface area contributed by atoms with Crippen molar-refractivity contribution in [1.82, 2.24) is 0 Å². The first-order chi connectivity index (χ1) is 9.81. The first-order valence-electron chi connectivity index (χ1n) is 6.30. The zero-order chi connectivity index (χ0) is 15.9. The normalized spacial score (nSPS) is 11.1. The van der Waals surface area contributed by atoms with Crippen LogP contribution in [0.3, 0.4) is 0 Å². The van der Waals surface area contributed by atoms with Gasteiger partial charge in [0, 0.05) is 29.9 Å². The van der Waals surface area contributed by atoms with E-state index in [1.807, 2.05) is 0 Å². The van der Waals surface area contributed by atoms with Crippen LogP contribution in [0.25, 0.3) is 0 Å². The molecular weight excluding hydrogens is 312 g/mol. The lowest BCUT2D eigenvalue weighted by Gasteiger charge is -2.10. The molecule has 0 unspecified atom stereocenters. The van der Waals surface area contributed by atoms with Crippen LogP contribution in [-0.2, 0) is 14.6 Å². The van der Waals surface area contributed by atoms with Crippen LogP contribution in [0.5, 0.6) is 5.75 Å². The molecule has 0 radical (unpaired) electrons. The summed E-state index contributed by atoms with van der Waals surface area (Å²) in [6, 6.07) is 5.01. The van der Waals surface area contributed by atoms with E-state index in [2.05, 4.69) is 5.32 Å². The third kappa shape index (κ3) is 7.24. The van der Waals surface area contributed by atoms with Crippen molar-refractivity contribution in [2.24, 2.45) is 0 Å². The molecule has 0 heterocycles. The molecule has 0 spiro atoms. The molecule has 0 aliphatic carbocycles. The first kappa shape index (κ1) is 17.6. The Morgan fingerprint density at radius 1 is 1.38 bits per heavy atom. The number of amides is 1. The SMILES string of the molecule is COc1ccc(N)cc1NC(=O)CCSCCS(C)(=O)=O. The van der Waals surface area contributed by atoms with Crippen molar-refractivity contribution in [2.75, 3.05) is 41.7 Å². The number of benzene rings is 1. The fourth-order valence-electron chi connectivity index (χ4n) is 1.51. The van der Waals surface area contributed by atoms with Gasteiger partial charge in [0.15, 0.2) is 0 Å². The Morgan fingerprint density at radius 2 is 2.10 bits per heavy atom. The molecule has 0 fully saturated rings. The van der Waals surface area contributed by atoms with Gasteiger partial charge in [-0.05, 0) is 18.2 Å². The Bertz CT molecular complexity index is 588. The molecule has 0 aliphatic heterocycles. The first-order valence-corrected chi connectivity index (χ1v) is 9.52. The lowest BCUT2D eigenvalue weighted by Crippen LogP contribution is -2.14. The molecule has 21 heavy (non-hydrogen) atoms. The molecule has 1 aromatic rings. The lowest BCUT2D eigenvalue weighted by molar-refractivity contribution is -0.115. The largest absolute Gasteiger partial charge is 0.495 e. The minimum atomic E-state index is -2.94. The Balaban J connectivity index is 2.39. The van der Waals surface area contributed by atoms with Gasteiger partial charge in [-0.15, -0.1) is 0 Å². The predicted octanol–water partition coefficient (Wildman–Crippen LogP) is 1.38. The van der Waals surface area contributed by atoms with Gasteiger partial charge < -0.3 is 15.8 Å². The van der Waals surface area contributed by atoms with Crippen molar-refractivity contribution in [1.29, 1.82) is 0 Å². The van der Waals surface area contributed by atoms with Crippen LogP contribution >= 0.6 is 11.8 Å². The van der Waals surface area contributed by atoms with Gasteiger partial charge in [-0.25, -0.2) is 8.42 Å². The van der Waals surface area contributed by atoms with E-state index in [0.717, 1.165) is 0 Å². The second-order valence-corrected chi connectivity index (χ2v) is 7.98. The average molecular weight is 332 g/mol. The molecule has 6 nitrogen and oxygen atoms in total. The fraction of sp³-hybridized carbons (Fsp3) is 0.462. The van der Waals surface area contributed by atoms with E-state index in [-0.39, 0.29) is 11.7 Å². The number of rotatable bonds is 8. The van der Waals surface area contributed by atoms with E-state index in [1.54, 1.807) is 18.2 Å². The number of hydrogen-bond acceptors (Lipinski definition) is 6. The Hall–Kier alpha value is -1.41. The van der Waals surface area contributed by atoms with Crippen molar-refractivity contribution in [3.8, 4) is 5.75 Å². The van der Waals surface area contributed by atoms with Gasteiger partial charge >= 0.3 is 0 Å². The molecule has 0 aliphatic rings. The van der Waals surface area contributed by atoms with Crippen molar-refractivity contribution in [3.63, 3.8) is 0 Å². The smallest absolute Gasteiger partial charge is 0.225 e. The highest BCUT2D eigenvalue weighted by Crippen LogP contribution is 2.26. The van der Waals surface area contributed by atoms with E-state index in [1.165, 1.54) is 25.1 Å². The molecule has 1 aromatic carbocycles. The third-order valence-electron chi connectivity index (χ3n) is 2.57. The number of thioether (sulfide) groups is 1. The average Bonchev–Trinajstić information content (AvgIpc) is 2.37. The number of carbonyl (C=O) groups excluding carboxylic acids is 1. The quantitative estimate of drug-likeness (QED) is 0.551. The zero-order valence-corrected chi connectivity index (χ0v) is 13.7. The van der Waals surface area contributed by atoms with Crippen molar-refractivity contribution >= 4 is 38.9 Å². The van der Waals surface area contributed by atoms with Crippen LogP contribution < -0.4 is 15.8 Å². The van der Waals surface area contributed by atoms with Gasteiger partial charge in [-0.2, -0.15) is 11.8 Å². The summed E-state index contributed by atoms with van der Waals surface area (Å²) < 4.78 is 27.0. The molecule has 0 saturated carbocycles. The molecule has 0 saturated heterocycles. The number of nitrogen functional groups attached to an aromatic ring is 1. The highest BCUT2D eigenvalue weighted by atomic mass is 32.2. The van der Waals surface area contributed by atoms with Crippen LogP contribution in [0.4, 0.5) is 11.4 Å². The molecular formula is C13H20N2O4S2. The predicted molar refractivity (Wildman–Crippen MR) is 87.7 cm³/mol. The van der Waals surface area contributed by atoms with E-state index >= 15 is 0 Å². The second kappa shape index (κ2) is 8.14. The highest BCUT2D eigenvalue weighted by Gasteiger charge is 2.08. The van der Waals surface area contributed by atoms with Gasteiger partial charge in [0.1, 0.15) is 15.6 Å². The number of hydrogen-bond donors (Lipinski definition) is 2. The molecule has 0 atom stereocenters. The highest BCUT2D eigenvalue weighted by molar-refractivity contribution is 8.00. The van der Waals surface area contributed by atoms with E-state index < -0.39 is 9.84 Å². The minimum absolute atomic E-state index is 0.127. The Labute approximate surface area is 129 Å². The number of carbonyl (C=O) groups is 1. The topological polar surface area (TPSA) is 98.5 Å². The summed E-state index contributed by atoms with van der Waals surface area (Å²) in [5, 5.41) is 2.73. The maximum absolute atomic E-state index is 11.8. The molecule has 0 bridgehead atoms. The van der Waals surface area contributed by atoms with Gasteiger partial charge in [-0.1, -0.05) is 0 Å². The van der Waals surface area contributed by atoms with Crippen molar-refractivity contribution in [2.45, 2.75) is 6.42 Å². The van der Waals surface area contributed by atoms with E-state index in [4.69, 9.17) is 10.5 Å². The molecule has 3 N–H and O–H groups in total. The van der Waals surface area contributed by atoms with Gasteiger partial charge in [-0.3, -0.25) is 4.79 Å². The maximum atomic E-state index is 11.8. The zero-order valence-electron chi connectivity index (χ0n) is 12.1. The number of sulfone groups is 1. The molecule has 1 rings (SSSR count). The van der Waals surface area contributed by atoms with Gasteiger partial charge in [0.25, 0.3) is 0 Å². The molecule has 0 aromatic heterocycles. The summed E-state index contributed by atoms with van der Waals surface area (Å²) in [6.07, 6.45) is 1.50. The van der Waals surface area contributed by atoms with Crippen LogP contribution in [0.1, 0.15) is 6.42 Å².